The third-order valence-corrected chi connectivity index (χ3v) is 5.84. The summed E-state index contributed by atoms with van der Waals surface area (Å²) in [4.78, 5) is 28.4. The van der Waals surface area contributed by atoms with Crippen molar-refractivity contribution in [2.75, 3.05) is 13.2 Å². The quantitative estimate of drug-likeness (QED) is 0.464. The fourth-order valence-corrected chi connectivity index (χ4v) is 4.19. The number of nitrogens with zero attached hydrogens (tertiary/aromatic N) is 1. The maximum atomic E-state index is 13.9. The van der Waals surface area contributed by atoms with E-state index in [-0.39, 0.29) is 39.7 Å². The SMILES string of the molecule is CC(C)OCCCN1C(=O)c2oc3ccc(F)cc3c(=O)c2[C@H]1c1ccc(C(C)C)cc1. The first-order chi connectivity index (χ1) is 15.3. The van der Waals surface area contributed by atoms with Crippen molar-refractivity contribution in [3.05, 3.63) is 81.0 Å². The second-order valence-electron chi connectivity index (χ2n) is 8.81. The van der Waals surface area contributed by atoms with Crippen LogP contribution in [0.2, 0.25) is 0 Å². The fraction of sp³-hybridized carbons (Fsp3) is 0.385. The van der Waals surface area contributed by atoms with Crippen LogP contribution in [0.1, 0.15) is 73.3 Å². The van der Waals surface area contributed by atoms with Crippen LogP contribution in [0.4, 0.5) is 4.39 Å². The number of amides is 1. The maximum absolute atomic E-state index is 13.9. The van der Waals surface area contributed by atoms with E-state index in [1.54, 1.807) is 4.90 Å². The lowest BCUT2D eigenvalue weighted by Gasteiger charge is -2.25. The standard InChI is InChI=1S/C26H28FNO4/c1-15(2)17-6-8-18(9-7-17)23-22-24(29)20-14-19(27)10-11-21(20)32-25(22)26(30)28(23)12-5-13-31-16(3)4/h6-11,14-16,23H,5,12-13H2,1-4H3/t23-/m1/s1. The molecule has 1 aliphatic rings. The molecule has 4 rings (SSSR count). The van der Waals surface area contributed by atoms with Crippen molar-refractivity contribution in [3.63, 3.8) is 0 Å². The Morgan fingerprint density at radius 1 is 1.06 bits per heavy atom. The summed E-state index contributed by atoms with van der Waals surface area (Å²) in [6.07, 6.45) is 0.727. The largest absolute Gasteiger partial charge is 0.450 e. The summed E-state index contributed by atoms with van der Waals surface area (Å²) >= 11 is 0. The number of hydrogen-bond donors (Lipinski definition) is 0. The van der Waals surface area contributed by atoms with E-state index in [1.807, 2.05) is 38.1 Å². The molecule has 0 aliphatic carbocycles. The van der Waals surface area contributed by atoms with Crippen LogP contribution in [-0.2, 0) is 4.74 Å². The predicted octanol–water partition coefficient (Wildman–Crippen LogP) is 5.42. The van der Waals surface area contributed by atoms with Gasteiger partial charge in [0.25, 0.3) is 5.91 Å². The summed E-state index contributed by atoms with van der Waals surface area (Å²) in [5, 5.41) is 0.144. The monoisotopic (exact) mass is 437 g/mol. The van der Waals surface area contributed by atoms with Gasteiger partial charge in [-0.05, 0) is 55.5 Å². The van der Waals surface area contributed by atoms with Crippen molar-refractivity contribution >= 4 is 16.9 Å². The van der Waals surface area contributed by atoms with Gasteiger partial charge in [0, 0.05) is 13.2 Å². The number of fused-ring (bicyclic) bond motifs is 2. The van der Waals surface area contributed by atoms with Gasteiger partial charge in [-0.3, -0.25) is 9.59 Å². The van der Waals surface area contributed by atoms with E-state index in [4.69, 9.17) is 9.15 Å². The Morgan fingerprint density at radius 2 is 1.78 bits per heavy atom. The molecular weight excluding hydrogens is 409 g/mol. The van der Waals surface area contributed by atoms with Gasteiger partial charge in [-0.25, -0.2) is 4.39 Å². The molecule has 1 amide bonds. The minimum absolute atomic E-state index is 0.0387. The van der Waals surface area contributed by atoms with Crippen LogP contribution in [0.15, 0.2) is 51.7 Å². The number of hydrogen-bond acceptors (Lipinski definition) is 4. The van der Waals surface area contributed by atoms with Crippen LogP contribution >= 0.6 is 0 Å². The van der Waals surface area contributed by atoms with Gasteiger partial charge in [0.2, 0.25) is 5.76 Å². The molecule has 0 N–H and O–H groups in total. The zero-order valence-electron chi connectivity index (χ0n) is 18.9. The molecule has 0 spiro atoms. The molecule has 2 aromatic carbocycles. The van der Waals surface area contributed by atoms with Gasteiger partial charge < -0.3 is 14.1 Å². The minimum Gasteiger partial charge on any atom is -0.450 e. The third kappa shape index (κ3) is 4.07. The van der Waals surface area contributed by atoms with Crippen molar-refractivity contribution in [2.45, 2.75) is 52.2 Å². The lowest BCUT2D eigenvalue weighted by atomic mass is 9.95. The summed E-state index contributed by atoms with van der Waals surface area (Å²) in [6.45, 7) is 9.06. The first kappa shape index (κ1) is 22.2. The van der Waals surface area contributed by atoms with E-state index in [0.29, 0.717) is 25.5 Å². The second-order valence-corrected chi connectivity index (χ2v) is 8.81. The number of halogens is 1. The van der Waals surface area contributed by atoms with Crippen LogP contribution in [0.25, 0.3) is 11.0 Å². The Bertz CT molecular complexity index is 1200. The van der Waals surface area contributed by atoms with Crippen molar-refractivity contribution < 1.29 is 18.3 Å². The molecule has 6 heteroatoms. The zero-order chi connectivity index (χ0) is 23.0. The molecule has 168 valence electrons. The zero-order valence-corrected chi connectivity index (χ0v) is 18.9. The Labute approximate surface area is 186 Å². The maximum Gasteiger partial charge on any atom is 0.290 e. The topological polar surface area (TPSA) is 59.8 Å². The molecule has 0 bridgehead atoms. The average Bonchev–Trinajstić information content (AvgIpc) is 3.04. The number of ether oxygens (including phenoxy) is 1. The highest BCUT2D eigenvalue weighted by Crippen LogP contribution is 2.38. The first-order valence-corrected chi connectivity index (χ1v) is 11.1. The predicted molar refractivity (Wildman–Crippen MR) is 122 cm³/mol. The van der Waals surface area contributed by atoms with E-state index in [2.05, 4.69) is 13.8 Å². The lowest BCUT2D eigenvalue weighted by Crippen LogP contribution is -2.31. The van der Waals surface area contributed by atoms with Crippen molar-refractivity contribution in [3.8, 4) is 0 Å². The van der Waals surface area contributed by atoms with Gasteiger partial charge >= 0.3 is 0 Å². The average molecular weight is 438 g/mol. The second kappa shape index (κ2) is 8.87. The van der Waals surface area contributed by atoms with Crippen LogP contribution in [0.3, 0.4) is 0 Å². The van der Waals surface area contributed by atoms with Gasteiger partial charge in [-0.15, -0.1) is 0 Å². The molecule has 32 heavy (non-hydrogen) atoms. The molecule has 1 aliphatic heterocycles. The van der Waals surface area contributed by atoms with E-state index >= 15 is 0 Å². The van der Waals surface area contributed by atoms with Gasteiger partial charge in [-0.1, -0.05) is 38.1 Å². The summed E-state index contributed by atoms with van der Waals surface area (Å²) in [6, 6.07) is 11.1. The Hall–Kier alpha value is -2.99. The van der Waals surface area contributed by atoms with Gasteiger partial charge in [0.1, 0.15) is 11.4 Å². The Morgan fingerprint density at radius 3 is 2.44 bits per heavy atom. The molecule has 0 fully saturated rings. The lowest BCUT2D eigenvalue weighted by molar-refractivity contribution is 0.0593. The normalized spacial score (nSPS) is 15.9. The van der Waals surface area contributed by atoms with Crippen LogP contribution in [0, 0.1) is 5.82 Å². The Balaban J connectivity index is 1.80. The molecule has 2 heterocycles. The van der Waals surface area contributed by atoms with Crippen LogP contribution < -0.4 is 5.43 Å². The molecule has 0 radical (unpaired) electrons. The highest BCUT2D eigenvalue weighted by Gasteiger charge is 2.42. The Kier molecular flexibility index (Phi) is 6.15. The van der Waals surface area contributed by atoms with Crippen molar-refractivity contribution in [1.82, 2.24) is 4.90 Å². The molecule has 3 aromatic rings. The molecule has 0 saturated carbocycles. The van der Waals surface area contributed by atoms with Gasteiger partial charge in [0.05, 0.1) is 23.1 Å². The fourth-order valence-electron chi connectivity index (χ4n) is 4.19. The van der Waals surface area contributed by atoms with Crippen molar-refractivity contribution in [2.24, 2.45) is 0 Å². The van der Waals surface area contributed by atoms with E-state index in [1.165, 1.54) is 23.8 Å². The number of carbonyl (C=O) groups excluding carboxylic acids is 1. The first-order valence-electron chi connectivity index (χ1n) is 11.1. The molecule has 0 unspecified atom stereocenters. The van der Waals surface area contributed by atoms with E-state index in [0.717, 1.165) is 5.56 Å². The molecule has 0 saturated heterocycles. The van der Waals surface area contributed by atoms with E-state index < -0.39 is 11.9 Å². The summed E-state index contributed by atoms with van der Waals surface area (Å²) in [5.41, 5.74) is 2.11. The van der Waals surface area contributed by atoms with Gasteiger partial charge in [-0.2, -0.15) is 0 Å². The molecular formula is C26H28FNO4. The third-order valence-electron chi connectivity index (χ3n) is 5.84. The molecule has 1 aromatic heterocycles. The van der Waals surface area contributed by atoms with Crippen LogP contribution in [0.5, 0.6) is 0 Å². The number of carbonyl (C=O) groups is 1. The molecule has 5 nitrogen and oxygen atoms in total. The van der Waals surface area contributed by atoms with Gasteiger partial charge in [0.15, 0.2) is 5.43 Å². The highest BCUT2D eigenvalue weighted by molar-refractivity contribution is 5.99. The molecule has 1 atom stereocenters. The van der Waals surface area contributed by atoms with Crippen molar-refractivity contribution in [1.29, 1.82) is 0 Å². The minimum atomic E-state index is -0.582. The summed E-state index contributed by atoms with van der Waals surface area (Å²) < 4.78 is 25.3. The van der Waals surface area contributed by atoms with E-state index in [9.17, 15) is 14.0 Å². The summed E-state index contributed by atoms with van der Waals surface area (Å²) in [7, 11) is 0. The smallest absolute Gasteiger partial charge is 0.290 e. The highest BCUT2D eigenvalue weighted by atomic mass is 19.1. The van der Waals surface area contributed by atoms with Crippen LogP contribution in [-0.4, -0.2) is 30.1 Å². The summed E-state index contributed by atoms with van der Waals surface area (Å²) in [5.74, 6) is -0.444. The number of rotatable bonds is 7. The number of benzene rings is 2.